The number of hydrogen-bond donors (Lipinski definition) is 0. The molecule has 0 N–H and O–H groups in total. The zero-order valence-corrected chi connectivity index (χ0v) is 35.1. The highest BCUT2D eigenvalue weighted by molar-refractivity contribution is 6.19. The molecule has 6 nitrogen and oxygen atoms in total. The Morgan fingerprint density at radius 2 is 0.788 bits per heavy atom. The molecule has 0 aliphatic rings. The Kier molecular flexibility index (Phi) is 7.13. The normalized spacial score (nSPS) is 12.2. The topological polar surface area (TPSA) is 70.1 Å². The Morgan fingerprint density at radius 3 is 1.39 bits per heavy atom. The van der Waals surface area contributed by atoms with Crippen molar-refractivity contribution in [3.05, 3.63) is 200 Å². The number of rotatable bonds is 4. The fourth-order valence-corrected chi connectivity index (χ4v) is 10.4. The maximum absolute atomic E-state index is 7.05. The van der Waals surface area contributed by atoms with Gasteiger partial charge in [-0.3, -0.25) is 0 Å². The molecular formula is C60H33N3O3. The average Bonchev–Trinajstić information content (AvgIpc) is 4.13. The fourth-order valence-electron chi connectivity index (χ4n) is 10.4. The molecule has 0 amide bonds. The zero-order chi connectivity index (χ0) is 43.0. The van der Waals surface area contributed by atoms with E-state index >= 15 is 0 Å². The van der Waals surface area contributed by atoms with Crippen LogP contribution in [0.1, 0.15) is 0 Å². The molecule has 15 aromatic rings. The lowest BCUT2D eigenvalue weighted by atomic mass is 10.0. The minimum absolute atomic E-state index is 0.599. The molecule has 0 saturated heterocycles. The molecular weight excluding hydrogens is 811 g/mol. The van der Waals surface area contributed by atoms with Crippen molar-refractivity contribution in [2.24, 2.45) is 0 Å². The number of hydrogen-bond acceptors (Lipinski definition) is 5. The van der Waals surface area contributed by atoms with Crippen LogP contribution in [0.3, 0.4) is 0 Å². The highest BCUT2D eigenvalue weighted by Crippen LogP contribution is 2.45. The van der Waals surface area contributed by atoms with Gasteiger partial charge in [-0.2, -0.15) is 0 Å². The van der Waals surface area contributed by atoms with Gasteiger partial charge in [-0.25, -0.2) is 9.97 Å². The van der Waals surface area contributed by atoms with Crippen LogP contribution in [0.15, 0.2) is 213 Å². The van der Waals surface area contributed by atoms with Crippen molar-refractivity contribution in [1.29, 1.82) is 0 Å². The van der Waals surface area contributed by atoms with E-state index in [9.17, 15) is 0 Å². The van der Waals surface area contributed by atoms with Crippen LogP contribution < -0.4 is 0 Å². The van der Waals surface area contributed by atoms with Crippen LogP contribution in [0, 0.1) is 0 Å². The van der Waals surface area contributed by atoms with Crippen LogP contribution in [0.2, 0.25) is 0 Å². The second-order valence-corrected chi connectivity index (χ2v) is 17.3. The first-order valence-electron chi connectivity index (χ1n) is 22.2. The van der Waals surface area contributed by atoms with Gasteiger partial charge >= 0.3 is 0 Å². The van der Waals surface area contributed by atoms with Gasteiger partial charge < -0.3 is 17.8 Å². The lowest BCUT2D eigenvalue weighted by Gasteiger charge is -2.16. The molecule has 0 spiro atoms. The van der Waals surface area contributed by atoms with Crippen LogP contribution in [0.25, 0.3) is 149 Å². The van der Waals surface area contributed by atoms with Crippen LogP contribution >= 0.6 is 0 Å². The van der Waals surface area contributed by atoms with Crippen molar-refractivity contribution in [1.82, 2.24) is 14.5 Å². The maximum Gasteiger partial charge on any atom is 0.160 e. The quantitative estimate of drug-likeness (QED) is 0.176. The number of para-hydroxylation sites is 3. The summed E-state index contributed by atoms with van der Waals surface area (Å²) in [6, 6.07) is 70.3. The molecule has 5 heterocycles. The van der Waals surface area contributed by atoms with Gasteiger partial charge in [0.2, 0.25) is 0 Å². The molecule has 0 atom stereocenters. The third-order valence-corrected chi connectivity index (χ3v) is 13.6. The number of fused-ring (bicyclic) bond motifs is 14. The molecule has 0 fully saturated rings. The van der Waals surface area contributed by atoms with Gasteiger partial charge in [0.15, 0.2) is 11.4 Å². The predicted octanol–water partition coefficient (Wildman–Crippen LogP) is 16.6. The summed E-state index contributed by atoms with van der Waals surface area (Å²) in [5, 5.41) is 13.3. The SMILES string of the molecule is c1ccc2cc3c(cc2c1)c1cc2ccccc2cc1n3-c1c(-c2cc(-c3ccc4oc5ccccc5c4c3)nc(-c3ccc4oc5ccccc5c4c3)n2)ccc2c1oc1ccccc12. The van der Waals surface area contributed by atoms with E-state index < -0.39 is 0 Å². The van der Waals surface area contributed by atoms with Crippen molar-refractivity contribution in [3.8, 4) is 39.6 Å². The minimum atomic E-state index is 0.599. The third-order valence-electron chi connectivity index (χ3n) is 13.6. The van der Waals surface area contributed by atoms with E-state index in [0.717, 1.165) is 121 Å². The van der Waals surface area contributed by atoms with Gasteiger partial charge in [-0.05, 0) is 119 Å². The van der Waals surface area contributed by atoms with Crippen LogP contribution in [-0.4, -0.2) is 14.5 Å². The molecule has 0 bridgehead atoms. The standard InChI is InChI=1S/C60H33N3O3/c1-3-13-36-31-51-45(27-34(36)11-1)46-28-35-12-2-4-14-37(35)32-52(46)63(51)58-44(24-23-43-40-15-5-10-20-55(40)66-59(43)58)50-33-49(38-21-25-56-47(29-38)41-16-6-8-18-53(41)64-56)61-60(62-50)39-22-26-57-48(30-39)42-17-7-9-19-54(42)65-57/h1-33H. The van der Waals surface area contributed by atoms with Gasteiger partial charge in [0, 0.05) is 59.8 Å². The summed E-state index contributed by atoms with van der Waals surface area (Å²) in [6.45, 7) is 0. The summed E-state index contributed by atoms with van der Waals surface area (Å²) in [7, 11) is 0. The number of benzene rings is 10. The smallest absolute Gasteiger partial charge is 0.160 e. The largest absolute Gasteiger partial charge is 0.456 e. The van der Waals surface area contributed by atoms with E-state index in [1.165, 1.54) is 21.5 Å². The Hall–Kier alpha value is -9.00. The van der Waals surface area contributed by atoms with Crippen molar-refractivity contribution < 1.29 is 13.3 Å². The average molecular weight is 844 g/mol. The van der Waals surface area contributed by atoms with Crippen molar-refractivity contribution in [2.75, 3.05) is 0 Å². The molecule has 0 radical (unpaired) electrons. The van der Waals surface area contributed by atoms with Gasteiger partial charge in [-0.15, -0.1) is 0 Å². The van der Waals surface area contributed by atoms with E-state index in [0.29, 0.717) is 5.82 Å². The first-order valence-corrected chi connectivity index (χ1v) is 22.2. The third kappa shape index (κ3) is 5.12. The molecule has 0 saturated carbocycles. The molecule has 0 aliphatic carbocycles. The van der Waals surface area contributed by atoms with Crippen molar-refractivity contribution >= 4 is 109 Å². The van der Waals surface area contributed by atoms with E-state index in [-0.39, 0.29) is 0 Å². The van der Waals surface area contributed by atoms with E-state index in [1.807, 2.05) is 42.5 Å². The van der Waals surface area contributed by atoms with E-state index in [2.05, 4.69) is 162 Å². The molecule has 5 aromatic heterocycles. The van der Waals surface area contributed by atoms with Crippen LogP contribution in [0.4, 0.5) is 0 Å². The highest BCUT2D eigenvalue weighted by atomic mass is 16.3. The maximum atomic E-state index is 7.05. The zero-order valence-electron chi connectivity index (χ0n) is 35.1. The first-order chi connectivity index (χ1) is 32.7. The lowest BCUT2D eigenvalue weighted by molar-refractivity contribution is 0.666. The Balaban J connectivity index is 1.07. The monoisotopic (exact) mass is 843 g/mol. The molecule has 306 valence electrons. The van der Waals surface area contributed by atoms with Gasteiger partial charge in [0.1, 0.15) is 27.9 Å². The van der Waals surface area contributed by atoms with Gasteiger partial charge in [0.25, 0.3) is 0 Å². The fraction of sp³-hybridized carbons (Fsp3) is 0. The molecule has 0 unspecified atom stereocenters. The molecule has 0 aliphatic heterocycles. The Morgan fingerprint density at radius 1 is 0.318 bits per heavy atom. The minimum Gasteiger partial charge on any atom is -0.456 e. The van der Waals surface area contributed by atoms with Gasteiger partial charge in [0.05, 0.1) is 28.1 Å². The predicted molar refractivity (Wildman–Crippen MR) is 270 cm³/mol. The number of nitrogens with zero attached hydrogens (tertiary/aromatic N) is 3. The van der Waals surface area contributed by atoms with Crippen molar-refractivity contribution in [2.45, 2.75) is 0 Å². The Labute approximate surface area is 375 Å². The number of furan rings is 3. The van der Waals surface area contributed by atoms with Gasteiger partial charge in [-0.1, -0.05) is 103 Å². The van der Waals surface area contributed by atoms with Crippen molar-refractivity contribution in [3.63, 3.8) is 0 Å². The second kappa shape index (κ2) is 13.3. The molecule has 10 aromatic carbocycles. The Bertz CT molecular complexity index is 4320. The van der Waals surface area contributed by atoms with Crippen LogP contribution in [-0.2, 0) is 0 Å². The van der Waals surface area contributed by atoms with E-state index in [1.54, 1.807) is 0 Å². The second-order valence-electron chi connectivity index (χ2n) is 17.3. The molecule has 66 heavy (non-hydrogen) atoms. The number of aromatic nitrogens is 3. The summed E-state index contributed by atoms with van der Waals surface area (Å²) < 4.78 is 22.0. The molecule has 15 rings (SSSR count). The highest BCUT2D eigenvalue weighted by Gasteiger charge is 2.25. The lowest BCUT2D eigenvalue weighted by Crippen LogP contribution is -2.01. The summed E-state index contributed by atoms with van der Waals surface area (Å²) in [6.07, 6.45) is 0. The molecule has 6 heteroatoms. The summed E-state index contributed by atoms with van der Waals surface area (Å²) in [5.74, 6) is 0.599. The summed E-state index contributed by atoms with van der Waals surface area (Å²) in [4.78, 5) is 10.9. The summed E-state index contributed by atoms with van der Waals surface area (Å²) >= 11 is 0. The van der Waals surface area contributed by atoms with Crippen LogP contribution in [0.5, 0.6) is 0 Å². The van der Waals surface area contributed by atoms with E-state index in [4.69, 9.17) is 23.2 Å². The first kappa shape index (κ1) is 35.5. The summed E-state index contributed by atoms with van der Waals surface area (Å²) in [5.41, 5.74) is 12.3.